The van der Waals surface area contributed by atoms with Gasteiger partial charge in [-0.1, -0.05) is 55.4 Å². The molecule has 41 heavy (non-hydrogen) atoms. The summed E-state index contributed by atoms with van der Waals surface area (Å²) in [6.45, 7) is 22.8. The van der Waals surface area contributed by atoms with Crippen molar-refractivity contribution in [1.29, 1.82) is 0 Å². The van der Waals surface area contributed by atoms with Crippen molar-refractivity contribution >= 4 is 28.7 Å². The molecular formula is C34H48N2O5. The number of carbonyl (C=O) groups excluding carboxylic acids is 1. The summed E-state index contributed by atoms with van der Waals surface area (Å²) >= 11 is 0. The van der Waals surface area contributed by atoms with E-state index >= 15 is 0 Å². The zero-order valence-electron chi connectivity index (χ0n) is 26.6. The van der Waals surface area contributed by atoms with Crippen molar-refractivity contribution in [2.45, 2.75) is 87.7 Å². The summed E-state index contributed by atoms with van der Waals surface area (Å²) in [7, 11) is 1.67. The van der Waals surface area contributed by atoms with Crippen molar-refractivity contribution in [3.05, 3.63) is 54.2 Å². The predicted octanol–water partition coefficient (Wildman–Crippen LogP) is 8.71. The molecule has 3 aromatic rings. The summed E-state index contributed by atoms with van der Waals surface area (Å²) in [5.41, 5.74) is 1.77. The number of aliphatic carboxylic acids is 1. The molecule has 0 atom stereocenters. The fourth-order valence-electron chi connectivity index (χ4n) is 5.39. The second-order valence-electron chi connectivity index (χ2n) is 13.6. The third-order valence-corrected chi connectivity index (χ3v) is 10.5. The summed E-state index contributed by atoms with van der Waals surface area (Å²) in [5.74, 6) is 0.808. The average molecular weight is 565 g/mol. The summed E-state index contributed by atoms with van der Waals surface area (Å²) in [5, 5.41) is 9.88. The number of H-pyrrole nitrogens is 1. The van der Waals surface area contributed by atoms with E-state index in [1.807, 2.05) is 30.3 Å². The molecule has 1 heterocycles. The van der Waals surface area contributed by atoms with E-state index in [9.17, 15) is 9.59 Å². The van der Waals surface area contributed by atoms with Gasteiger partial charge in [-0.25, -0.2) is 4.79 Å². The van der Waals surface area contributed by atoms with Crippen molar-refractivity contribution < 1.29 is 24.2 Å². The van der Waals surface area contributed by atoms with Crippen LogP contribution in [0.2, 0.25) is 0 Å². The molecule has 0 aliphatic carbocycles. The minimum absolute atomic E-state index is 0.0369. The molecule has 1 amide bonds. The van der Waals surface area contributed by atoms with Crippen LogP contribution in [0.5, 0.6) is 11.5 Å². The Bertz CT molecular complexity index is 1380. The molecule has 0 radical (unpaired) electrons. The smallest absolute Gasteiger partial charge is 0.419 e. The SMILES string of the molecule is CC(C)C(C)(C)C(C)(C)C(C)(C)C(C)(C)Oc1ccc(N(C)C(=O)Oc2ccc3c(CCC(=O)O)c[nH]c3c2)cc1. The first-order valence-corrected chi connectivity index (χ1v) is 14.4. The van der Waals surface area contributed by atoms with Crippen LogP contribution in [0.4, 0.5) is 10.5 Å². The topological polar surface area (TPSA) is 91.9 Å². The molecule has 0 aliphatic rings. The van der Waals surface area contributed by atoms with Crippen molar-refractivity contribution in [3.63, 3.8) is 0 Å². The van der Waals surface area contributed by atoms with Crippen LogP contribution in [-0.2, 0) is 11.2 Å². The number of nitrogens with one attached hydrogen (secondary N) is 1. The minimum Gasteiger partial charge on any atom is -0.487 e. The van der Waals surface area contributed by atoms with Gasteiger partial charge in [0.1, 0.15) is 17.1 Å². The molecule has 0 saturated heterocycles. The lowest BCUT2D eigenvalue weighted by molar-refractivity contribution is -0.143. The van der Waals surface area contributed by atoms with Crippen LogP contribution in [0.15, 0.2) is 48.7 Å². The molecule has 0 spiro atoms. The zero-order valence-corrected chi connectivity index (χ0v) is 26.6. The maximum atomic E-state index is 12.9. The molecule has 7 heteroatoms. The van der Waals surface area contributed by atoms with E-state index in [2.05, 4.69) is 74.2 Å². The fraction of sp³-hybridized carbons (Fsp3) is 0.529. The van der Waals surface area contributed by atoms with Gasteiger partial charge in [0.15, 0.2) is 0 Å². The molecule has 0 unspecified atom stereocenters. The number of fused-ring (bicyclic) bond motifs is 1. The van der Waals surface area contributed by atoms with Crippen LogP contribution in [0.1, 0.15) is 81.2 Å². The Morgan fingerprint density at radius 3 is 2.05 bits per heavy atom. The summed E-state index contributed by atoms with van der Waals surface area (Å²) in [6.07, 6.45) is 1.76. The number of carboxylic acid groups (broad SMARTS) is 1. The number of nitrogens with zero attached hydrogens (tertiary/aromatic N) is 1. The molecule has 0 aliphatic heterocycles. The van der Waals surface area contributed by atoms with Crippen LogP contribution in [0.25, 0.3) is 10.9 Å². The number of amides is 1. The van der Waals surface area contributed by atoms with Gasteiger partial charge in [-0.15, -0.1) is 0 Å². The van der Waals surface area contributed by atoms with Crippen LogP contribution in [0.3, 0.4) is 0 Å². The maximum Gasteiger partial charge on any atom is 0.419 e. The molecule has 0 saturated carbocycles. The molecule has 224 valence electrons. The largest absolute Gasteiger partial charge is 0.487 e. The quantitative estimate of drug-likeness (QED) is 0.243. The second-order valence-corrected chi connectivity index (χ2v) is 13.6. The van der Waals surface area contributed by atoms with E-state index in [0.29, 0.717) is 23.8 Å². The number of aromatic nitrogens is 1. The average Bonchev–Trinajstić information content (AvgIpc) is 3.28. The van der Waals surface area contributed by atoms with Gasteiger partial charge in [0.05, 0.1) is 0 Å². The van der Waals surface area contributed by atoms with E-state index in [-0.39, 0.29) is 22.7 Å². The Labute approximate surface area is 245 Å². The number of hydrogen-bond donors (Lipinski definition) is 2. The summed E-state index contributed by atoms with van der Waals surface area (Å²) < 4.78 is 12.3. The van der Waals surface area contributed by atoms with Crippen molar-refractivity contribution in [3.8, 4) is 11.5 Å². The van der Waals surface area contributed by atoms with E-state index in [0.717, 1.165) is 22.2 Å². The Kier molecular flexibility index (Phi) is 8.92. The third kappa shape index (κ3) is 6.24. The van der Waals surface area contributed by atoms with E-state index in [1.54, 1.807) is 25.4 Å². The number of aryl methyl sites for hydroxylation is 1. The lowest BCUT2D eigenvalue weighted by Crippen LogP contribution is -2.58. The number of carbonyl (C=O) groups is 2. The zero-order chi connectivity index (χ0) is 31.0. The molecule has 1 aromatic heterocycles. The van der Waals surface area contributed by atoms with E-state index in [1.165, 1.54) is 4.90 Å². The normalized spacial score (nSPS) is 13.0. The number of benzene rings is 2. The molecule has 2 aromatic carbocycles. The summed E-state index contributed by atoms with van der Waals surface area (Å²) in [4.78, 5) is 28.4. The second kappa shape index (κ2) is 11.4. The van der Waals surface area contributed by atoms with E-state index < -0.39 is 17.7 Å². The standard InChI is InChI=1S/C34H48N2O5/c1-22(2)31(3,4)32(5,6)33(7,8)34(9,10)41-25-15-13-24(14-16-25)36(11)30(39)40-26-17-18-27-23(12-19-29(37)38)21-35-28(27)20-26/h13-18,20-22,35H,12,19H2,1-11H3,(H,37,38). The highest BCUT2D eigenvalue weighted by molar-refractivity contribution is 5.90. The van der Waals surface area contributed by atoms with Crippen LogP contribution < -0.4 is 14.4 Å². The van der Waals surface area contributed by atoms with Gasteiger partial charge in [-0.3, -0.25) is 9.69 Å². The third-order valence-electron chi connectivity index (χ3n) is 10.5. The van der Waals surface area contributed by atoms with Crippen molar-refractivity contribution in [2.24, 2.45) is 22.2 Å². The highest BCUT2D eigenvalue weighted by atomic mass is 16.6. The maximum absolute atomic E-state index is 12.9. The first-order chi connectivity index (χ1) is 18.8. The Hall–Kier alpha value is -3.48. The Morgan fingerprint density at radius 2 is 1.49 bits per heavy atom. The lowest BCUT2D eigenvalue weighted by atomic mass is 9.48. The van der Waals surface area contributed by atoms with Crippen molar-refractivity contribution in [1.82, 2.24) is 4.98 Å². The summed E-state index contributed by atoms with van der Waals surface area (Å²) in [6, 6.07) is 12.8. The van der Waals surface area contributed by atoms with Gasteiger partial charge in [-0.05, 0) is 79.0 Å². The number of ether oxygens (including phenoxy) is 2. The van der Waals surface area contributed by atoms with Gasteiger partial charge in [0.2, 0.25) is 0 Å². The number of carboxylic acids is 1. The number of rotatable bonds is 11. The van der Waals surface area contributed by atoms with Gasteiger partial charge in [0.25, 0.3) is 0 Å². The Balaban J connectivity index is 1.70. The fourth-order valence-corrected chi connectivity index (χ4v) is 5.39. The molecular weight excluding hydrogens is 516 g/mol. The van der Waals surface area contributed by atoms with Crippen LogP contribution >= 0.6 is 0 Å². The van der Waals surface area contributed by atoms with Gasteiger partial charge in [0, 0.05) is 47.7 Å². The molecule has 0 bridgehead atoms. The molecule has 3 rings (SSSR count). The minimum atomic E-state index is -0.838. The van der Waals surface area contributed by atoms with Gasteiger partial charge >= 0.3 is 12.1 Å². The van der Waals surface area contributed by atoms with Gasteiger partial charge < -0.3 is 19.6 Å². The first-order valence-electron chi connectivity index (χ1n) is 14.4. The van der Waals surface area contributed by atoms with Gasteiger partial charge in [-0.2, -0.15) is 0 Å². The monoisotopic (exact) mass is 564 g/mol. The van der Waals surface area contributed by atoms with Crippen LogP contribution in [-0.4, -0.2) is 34.8 Å². The molecule has 0 fully saturated rings. The van der Waals surface area contributed by atoms with Crippen LogP contribution in [0, 0.1) is 22.2 Å². The van der Waals surface area contributed by atoms with Crippen molar-refractivity contribution in [2.75, 3.05) is 11.9 Å². The highest BCUT2D eigenvalue weighted by Crippen LogP contribution is 2.59. The number of aromatic amines is 1. The lowest BCUT2D eigenvalue weighted by Gasteiger charge is -2.59. The molecule has 2 N–H and O–H groups in total. The van der Waals surface area contributed by atoms with E-state index in [4.69, 9.17) is 14.6 Å². The predicted molar refractivity (Wildman–Crippen MR) is 166 cm³/mol. The number of anilines is 1. The molecule has 7 nitrogen and oxygen atoms in total. The number of hydrogen-bond acceptors (Lipinski definition) is 4. The Morgan fingerprint density at radius 1 is 0.902 bits per heavy atom. The highest BCUT2D eigenvalue weighted by Gasteiger charge is 2.56. The first kappa shape index (κ1) is 32.0.